The Morgan fingerprint density at radius 1 is 1.53 bits per heavy atom. The molecular formula is C12H17N3O2S2. The molecule has 0 saturated carbocycles. The van der Waals surface area contributed by atoms with Gasteiger partial charge in [-0.3, -0.25) is 9.59 Å². The maximum Gasteiger partial charge on any atom is 0.281 e. The molecule has 0 unspecified atom stereocenters. The van der Waals surface area contributed by atoms with E-state index in [0.717, 1.165) is 30.1 Å². The zero-order valence-corrected chi connectivity index (χ0v) is 12.3. The van der Waals surface area contributed by atoms with Crippen LogP contribution < -0.4 is 5.32 Å². The van der Waals surface area contributed by atoms with Crippen molar-refractivity contribution < 1.29 is 9.59 Å². The zero-order chi connectivity index (χ0) is 13.5. The Hall–Kier alpha value is -1.08. The van der Waals surface area contributed by atoms with Gasteiger partial charge in [0.05, 0.1) is 5.01 Å². The second-order valence-electron chi connectivity index (χ2n) is 4.23. The molecule has 0 spiro atoms. The summed E-state index contributed by atoms with van der Waals surface area (Å²) in [5.74, 6) is 0.859. The predicted molar refractivity (Wildman–Crippen MR) is 77.5 cm³/mol. The van der Waals surface area contributed by atoms with Crippen LogP contribution in [-0.4, -0.2) is 46.4 Å². The number of nitrogens with zero attached hydrogens (tertiary/aromatic N) is 2. The third-order valence-corrected chi connectivity index (χ3v) is 4.56. The molecule has 1 aliphatic rings. The molecule has 0 aromatic carbocycles. The fourth-order valence-electron chi connectivity index (χ4n) is 1.80. The van der Waals surface area contributed by atoms with Gasteiger partial charge in [0, 0.05) is 49.8 Å². The molecule has 104 valence electrons. The number of aromatic nitrogens is 1. The summed E-state index contributed by atoms with van der Waals surface area (Å²) in [6.07, 6.45) is 3.99. The minimum atomic E-state index is 0.0174. The van der Waals surface area contributed by atoms with Crippen molar-refractivity contribution >= 4 is 34.2 Å². The lowest BCUT2D eigenvalue weighted by molar-refractivity contribution is -0.121. The van der Waals surface area contributed by atoms with Crippen molar-refractivity contribution in [2.45, 2.75) is 19.3 Å². The number of hydrogen-bond acceptors (Lipinski definition) is 5. The van der Waals surface area contributed by atoms with Crippen molar-refractivity contribution in [3.05, 3.63) is 16.6 Å². The van der Waals surface area contributed by atoms with Crippen LogP contribution in [-0.2, 0) is 11.2 Å². The Labute approximate surface area is 120 Å². The highest BCUT2D eigenvalue weighted by molar-refractivity contribution is 8.13. The highest BCUT2D eigenvalue weighted by atomic mass is 32.2. The Balaban J connectivity index is 1.53. The number of nitrogens with one attached hydrogen (secondary N) is 1. The zero-order valence-electron chi connectivity index (χ0n) is 10.6. The van der Waals surface area contributed by atoms with Crippen molar-refractivity contribution in [2.75, 3.05) is 25.4 Å². The van der Waals surface area contributed by atoms with Crippen LogP contribution in [0.4, 0.5) is 4.79 Å². The number of amides is 2. The van der Waals surface area contributed by atoms with Crippen LogP contribution in [0.5, 0.6) is 0 Å². The summed E-state index contributed by atoms with van der Waals surface area (Å²) in [5, 5.41) is 6.03. The molecule has 7 heteroatoms. The van der Waals surface area contributed by atoms with Gasteiger partial charge in [-0.2, -0.15) is 0 Å². The lowest BCUT2D eigenvalue weighted by Crippen LogP contribution is -2.31. The third-order valence-electron chi connectivity index (χ3n) is 2.83. The topological polar surface area (TPSA) is 62.3 Å². The molecule has 2 amide bonds. The van der Waals surface area contributed by atoms with Gasteiger partial charge in [-0.1, -0.05) is 11.8 Å². The van der Waals surface area contributed by atoms with E-state index >= 15 is 0 Å². The van der Waals surface area contributed by atoms with E-state index in [-0.39, 0.29) is 11.1 Å². The molecule has 5 nitrogen and oxygen atoms in total. The molecule has 19 heavy (non-hydrogen) atoms. The summed E-state index contributed by atoms with van der Waals surface area (Å²) >= 11 is 2.97. The largest absolute Gasteiger partial charge is 0.356 e. The van der Waals surface area contributed by atoms with E-state index in [2.05, 4.69) is 10.3 Å². The van der Waals surface area contributed by atoms with Crippen LogP contribution in [0.1, 0.15) is 17.8 Å². The van der Waals surface area contributed by atoms with Crippen molar-refractivity contribution in [1.82, 2.24) is 15.2 Å². The molecule has 1 N–H and O–H groups in total. The average Bonchev–Trinajstić information content (AvgIpc) is 3.04. The maximum atomic E-state index is 11.6. The number of carbonyl (C=O) groups excluding carboxylic acids is 2. The van der Waals surface area contributed by atoms with Gasteiger partial charge in [0.25, 0.3) is 5.24 Å². The summed E-state index contributed by atoms with van der Waals surface area (Å²) in [4.78, 5) is 28.9. The summed E-state index contributed by atoms with van der Waals surface area (Å²) in [7, 11) is 0. The summed E-state index contributed by atoms with van der Waals surface area (Å²) in [5.41, 5.74) is 0. The fraction of sp³-hybridized carbons (Fsp3) is 0.583. The number of hydrogen-bond donors (Lipinski definition) is 1. The second-order valence-corrected chi connectivity index (χ2v) is 6.26. The lowest BCUT2D eigenvalue weighted by Gasteiger charge is -2.13. The van der Waals surface area contributed by atoms with Crippen LogP contribution >= 0.6 is 23.1 Å². The maximum absolute atomic E-state index is 11.6. The minimum Gasteiger partial charge on any atom is -0.356 e. The standard InChI is InChI=1S/C12H17N3O2S2/c16-10(3-6-15-7-9-19-12(15)17)13-4-1-2-11-14-5-8-18-11/h5,8H,1-4,6-7,9H2,(H,13,16). The number of aryl methyl sites for hydroxylation is 1. The molecule has 0 bridgehead atoms. The number of thioether (sulfide) groups is 1. The first-order chi connectivity index (χ1) is 9.25. The SMILES string of the molecule is O=C(CCN1CCSC1=O)NCCCc1nccs1. The van der Waals surface area contributed by atoms with Crippen LogP contribution in [0.2, 0.25) is 0 Å². The van der Waals surface area contributed by atoms with Crippen molar-refractivity contribution in [2.24, 2.45) is 0 Å². The molecule has 1 fully saturated rings. The second kappa shape index (κ2) is 7.49. The lowest BCUT2D eigenvalue weighted by atomic mass is 10.3. The first kappa shape index (κ1) is 14.3. The first-order valence-electron chi connectivity index (χ1n) is 6.32. The molecule has 1 aromatic heterocycles. The molecule has 1 aliphatic heterocycles. The average molecular weight is 299 g/mol. The molecule has 0 radical (unpaired) electrons. The third kappa shape index (κ3) is 4.83. The molecule has 0 aliphatic carbocycles. The molecular weight excluding hydrogens is 282 g/mol. The van der Waals surface area contributed by atoms with Gasteiger partial charge < -0.3 is 10.2 Å². The van der Waals surface area contributed by atoms with Crippen LogP contribution in [0, 0.1) is 0 Å². The van der Waals surface area contributed by atoms with Crippen LogP contribution in [0.3, 0.4) is 0 Å². The van der Waals surface area contributed by atoms with Gasteiger partial charge in [-0.15, -0.1) is 11.3 Å². The first-order valence-corrected chi connectivity index (χ1v) is 8.19. The fourth-order valence-corrected chi connectivity index (χ4v) is 3.31. The number of thiazole rings is 1. The van der Waals surface area contributed by atoms with Crippen molar-refractivity contribution in [3.8, 4) is 0 Å². The monoisotopic (exact) mass is 299 g/mol. The minimum absolute atomic E-state index is 0.0174. The Morgan fingerprint density at radius 3 is 3.11 bits per heavy atom. The van der Waals surface area contributed by atoms with E-state index in [1.165, 1.54) is 11.8 Å². The van der Waals surface area contributed by atoms with E-state index < -0.39 is 0 Å². The van der Waals surface area contributed by atoms with Crippen LogP contribution in [0.25, 0.3) is 0 Å². The number of rotatable bonds is 7. The van der Waals surface area contributed by atoms with Crippen LogP contribution in [0.15, 0.2) is 11.6 Å². The van der Waals surface area contributed by atoms with E-state index in [9.17, 15) is 9.59 Å². The highest BCUT2D eigenvalue weighted by Crippen LogP contribution is 2.16. The summed E-state index contributed by atoms with van der Waals surface area (Å²) in [6, 6.07) is 0. The smallest absolute Gasteiger partial charge is 0.281 e. The molecule has 0 atom stereocenters. The molecule has 1 saturated heterocycles. The van der Waals surface area contributed by atoms with Gasteiger partial charge in [-0.05, 0) is 6.42 Å². The summed E-state index contributed by atoms with van der Waals surface area (Å²) in [6.45, 7) is 1.96. The van der Waals surface area contributed by atoms with Gasteiger partial charge in [0.1, 0.15) is 0 Å². The predicted octanol–water partition coefficient (Wildman–Crippen LogP) is 1.75. The van der Waals surface area contributed by atoms with E-state index in [1.807, 2.05) is 5.38 Å². The highest BCUT2D eigenvalue weighted by Gasteiger charge is 2.21. The normalized spacial score (nSPS) is 14.9. The van der Waals surface area contributed by atoms with E-state index in [4.69, 9.17) is 0 Å². The molecule has 2 rings (SSSR count). The van der Waals surface area contributed by atoms with Gasteiger partial charge in [-0.25, -0.2) is 4.98 Å². The Bertz CT molecular complexity index is 423. The van der Waals surface area contributed by atoms with Gasteiger partial charge in [0.2, 0.25) is 5.91 Å². The number of carbonyl (C=O) groups is 2. The van der Waals surface area contributed by atoms with E-state index in [1.54, 1.807) is 22.4 Å². The van der Waals surface area contributed by atoms with E-state index in [0.29, 0.717) is 19.5 Å². The Morgan fingerprint density at radius 2 is 2.42 bits per heavy atom. The molecule has 1 aromatic rings. The van der Waals surface area contributed by atoms with Gasteiger partial charge >= 0.3 is 0 Å². The summed E-state index contributed by atoms with van der Waals surface area (Å²) < 4.78 is 0. The molecule has 2 heterocycles. The quantitative estimate of drug-likeness (QED) is 0.779. The Kier molecular flexibility index (Phi) is 5.65. The van der Waals surface area contributed by atoms with Crippen molar-refractivity contribution in [1.29, 1.82) is 0 Å². The van der Waals surface area contributed by atoms with Crippen molar-refractivity contribution in [3.63, 3.8) is 0 Å². The van der Waals surface area contributed by atoms with Gasteiger partial charge in [0.15, 0.2) is 0 Å².